The first kappa shape index (κ1) is 20.9. The standard InChI is InChI=1S/C22H17F3N6O2/c1-12-9-13(20-26-10-15-14(28-20)4-6-18(27-15)22(23,24)25)3-5-16(12)31-7-8-33-17-11-30(2)29-19(17)21(31)32/h3-6,9-11H,7-8H2,1-2H3. The summed E-state index contributed by atoms with van der Waals surface area (Å²) in [7, 11) is 1.72. The molecule has 168 valence electrons. The van der Waals surface area contributed by atoms with Crippen LogP contribution in [0.2, 0.25) is 0 Å². The van der Waals surface area contributed by atoms with Crippen LogP contribution in [0.4, 0.5) is 18.9 Å². The molecule has 8 nitrogen and oxygen atoms in total. The molecule has 0 atom stereocenters. The number of alkyl halides is 3. The Morgan fingerprint density at radius 2 is 1.91 bits per heavy atom. The first-order valence-electron chi connectivity index (χ1n) is 10.0. The van der Waals surface area contributed by atoms with E-state index in [-0.39, 0.29) is 17.1 Å². The quantitative estimate of drug-likeness (QED) is 0.458. The summed E-state index contributed by atoms with van der Waals surface area (Å²) >= 11 is 0. The SMILES string of the molecule is Cc1cc(-c2ncc3nc(C(F)(F)F)ccc3n2)ccc1N1CCOc2cn(C)nc2C1=O. The number of hydrogen-bond donors (Lipinski definition) is 0. The molecular weight excluding hydrogens is 437 g/mol. The average molecular weight is 454 g/mol. The van der Waals surface area contributed by atoms with E-state index in [1.165, 1.54) is 16.9 Å². The number of aromatic nitrogens is 5. The van der Waals surface area contributed by atoms with Gasteiger partial charge >= 0.3 is 6.18 Å². The first-order chi connectivity index (χ1) is 15.7. The van der Waals surface area contributed by atoms with E-state index in [0.717, 1.165) is 11.6 Å². The molecule has 0 aliphatic carbocycles. The third-order valence-electron chi connectivity index (χ3n) is 5.29. The second-order valence-electron chi connectivity index (χ2n) is 7.61. The van der Waals surface area contributed by atoms with Gasteiger partial charge in [-0.15, -0.1) is 0 Å². The molecule has 4 heterocycles. The Labute approximate surface area is 185 Å². The van der Waals surface area contributed by atoms with E-state index in [2.05, 4.69) is 20.1 Å². The number of benzene rings is 1. The van der Waals surface area contributed by atoms with Crippen LogP contribution in [-0.4, -0.2) is 43.8 Å². The minimum atomic E-state index is -4.54. The maximum absolute atomic E-state index is 13.1. The molecule has 0 unspecified atom stereocenters. The minimum Gasteiger partial charge on any atom is -0.488 e. The molecule has 1 aliphatic heterocycles. The van der Waals surface area contributed by atoms with Crippen LogP contribution in [0.15, 0.2) is 42.7 Å². The normalized spacial score (nSPS) is 14.2. The van der Waals surface area contributed by atoms with Gasteiger partial charge in [-0.3, -0.25) is 9.48 Å². The number of ether oxygens (including phenoxy) is 1. The Kier molecular flexibility index (Phi) is 4.76. The summed E-state index contributed by atoms with van der Waals surface area (Å²) in [5, 5.41) is 4.22. The molecule has 11 heteroatoms. The van der Waals surface area contributed by atoms with Crippen LogP contribution in [0.1, 0.15) is 21.7 Å². The predicted molar refractivity (Wildman–Crippen MR) is 113 cm³/mol. The highest BCUT2D eigenvalue weighted by atomic mass is 19.4. The molecule has 3 aromatic heterocycles. The van der Waals surface area contributed by atoms with Crippen LogP contribution in [0.3, 0.4) is 0 Å². The van der Waals surface area contributed by atoms with Gasteiger partial charge in [0.1, 0.15) is 17.8 Å². The summed E-state index contributed by atoms with van der Waals surface area (Å²) in [6.07, 6.45) is -1.60. The number of nitrogens with zero attached hydrogens (tertiary/aromatic N) is 6. The molecule has 0 fully saturated rings. The van der Waals surface area contributed by atoms with Crippen molar-refractivity contribution in [1.29, 1.82) is 0 Å². The fraction of sp³-hybridized carbons (Fsp3) is 0.227. The smallest absolute Gasteiger partial charge is 0.433 e. The number of rotatable bonds is 2. The van der Waals surface area contributed by atoms with Gasteiger partial charge in [-0.05, 0) is 42.8 Å². The van der Waals surface area contributed by atoms with Gasteiger partial charge in [-0.1, -0.05) is 0 Å². The number of aryl methyl sites for hydroxylation is 2. The molecule has 0 radical (unpaired) electrons. The van der Waals surface area contributed by atoms with Gasteiger partial charge in [0.25, 0.3) is 5.91 Å². The number of carbonyl (C=O) groups excluding carboxylic acids is 1. The number of anilines is 1. The fourth-order valence-electron chi connectivity index (χ4n) is 3.74. The number of carbonyl (C=O) groups is 1. The molecule has 1 aromatic carbocycles. The van der Waals surface area contributed by atoms with Crippen molar-refractivity contribution in [1.82, 2.24) is 24.7 Å². The van der Waals surface area contributed by atoms with Crippen molar-refractivity contribution in [3.63, 3.8) is 0 Å². The van der Waals surface area contributed by atoms with Gasteiger partial charge in [0.05, 0.1) is 24.5 Å². The van der Waals surface area contributed by atoms with Crippen molar-refractivity contribution in [3.05, 3.63) is 59.7 Å². The van der Waals surface area contributed by atoms with E-state index in [9.17, 15) is 18.0 Å². The van der Waals surface area contributed by atoms with Crippen molar-refractivity contribution >= 4 is 22.6 Å². The van der Waals surface area contributed by atoms with Gasteiger partial charge < -0.3 is 9.64 Å². The van der Waals surface area contributed by atoms with Crippen molar-refractivity contribution < 1.29 is 22.7 Å². The molecule has 33 heavy (non-hydrogen) atoms. The molecule has 5 rings (SSSR count). The van der Waals surface area contributed by atoms with Crippen molar-refractivity contribution in [2.75, 3.05) is 18.1 Å². The zero-order valence-corrected chi connectivity index (χ0v) is 17.6. The molecule has 1 aliphatic rings. The lowest BCUT2D eigenvalue weighted by atomic mass is 10.1. The Balaban J connectivity index is 1.47. The lowest BCUT2D eigenvalue weighted by Gasteiger charge is -2.22. The van der Waals surface area contributed by atoms with Crippen LogP contribution in [0.5, 0.6) is 5.75 Å². The van der Waals surface area contributed by atoms with E-state index >= 15 is 0 Å². The minimum absolute atomic E-state index is 0.0586. The summed E-state index contributed by atoms with van der Waals surface area (Å²) in [5.41, 5.74) is 1.78. The van der Waals surface area contributed by atoms with Gasteiger partial charge in [-0.2, -0.15) is 18.3 Å². The molecular formula is C22H17F3N6O2. The van der Waals surface area contributed by atoms with Crippen molar-refractivity contribution in [2.45, 2.75) is 13.1 Å². The van der Waals surface area contributed by atoms with Gasteiger partial charge in [0, 0.05) is 18.3 Å². The van der Waals surface area contributed by atoms with Crippen LogP contribution < -0.4 is 9.64 Å². The lowest BCUT2D eigenvalue weighted by Crippen LogP contribution is -2.33. The van der Waals surface area contributed by atoms with Gasteiger partial charge in [-0.25, -0.2) is 15.0 Å². The fourth-order valence-corrected chi connectivity index (χ4v) is 3.74. The molecule has 0 spiro atoms. The molecule has 4 aromatic rings. The molecule has 0 bridgehead atoms. The van der Waals surface area contributed by atoms with Crippen LogP contribution in [-0.2, 0) is 13.2 Å². The van der Waals surface area contributed by atoms with Crippen LogP contribution >= 0.6 is 0 Å². The largest absolute Gasteiger partial charge is 0.488 e. The van der Waals surface area contributed by atoms with Crippen molar-refractivity contribution in [2.24, 2.45) is 7.05 Å². The van der Waals surface area contributed by atoms with Crippen molar-refractivity contribution in [3.8, 4) is 17.1 Å². The molecule has 1 amide bonds. The van der Waals surface area contributed by atoms with E-state index in [4.69, 9.17) is 4.74 Å². The summed E-state index contributed by atoms with van der Waals surface area (Å²) in [6, 6.07) is 7.55. The Hall–Kier alpha value is -4.02. The van der Waals surface area contributed by atoms with Crippen LogP contribution in [0, 0.1) is 6.92 Å². The maximum Gasteiger partial charge on any atom is 0.433 e. The Morgan fingerprint density at radius 1 is 1.09 bits per heavy atom. The number of halogens is 3. The van der Waals surface area contributed by atoms with Crippen LogP contribution in [0.25, 0.3) is 22.4 Å². The molecule has 0 N–H and O–H groups in total. The summed E-state index contributed by atoms with van der Waals surface area (Å²) in [5.74, 6) is 0.537. The monoisotopic (exact) mass is 454 g/mol. The first-order valence-corrected chi connectivity index (χ1v) is 10.0. The van der Waals surface area contributed by atoms with E-state index in [0.29, 0.717) is 41.5 Å². The summed E-state index contributed by atoms with van der Waals surface area (Å²) < 4.78 is 45.8. The summed E-state index contributed by atoms with van der Waals surface area (Å²) in [4.78, 5) is 26.8. The summed E-state index contributed by atoms with van der Waals surface area (Å²) in [6.45, 7) is 2.54. The Morgan fingerprint density at radius 3 is 2.67 bits per heavy atom. The highest BCUT2D eigenvalue weighted by Crippen LogP contribution is 2.31. The molecule has 0 saturated carbocycles. The van der Waals surface area contributed by atoms with Gasteiger partial charge in [0.2, 0.25) is 0 Å². The molecule has 0 saturated heterocycles. The second-order valence-corrected chi connectivity index (χ2v) is 7.61. The average Bonchev–Trinajstić information content (AvgIpc) is 3.09. The van der Waals surface area contributed by atoms with E-state index in [1.807, 2.05) is 13.0 Å². The number of pyridine rings is 1. The van der Waals surface area contributed by atoms with E-state index < -0.39 is 11.9 Å². The van der Waals surface area contributed by atoms with E-state index in [1.54, 1.807) is 30.3 Å². The zero-order valence-electron chi connectivity index (χ0n) is 17.6. The van der Waals surface area contributed by atoms with Gasteiger partial charge in [0.15, 0.2) is 17.3 Å². The second kappa shape index (κ2) is 7.54. The highest BCUT2D eigenvalue weighted by molar-refractivity contribution is 6.07. The third kappa shape index (κ3) is 3.75. The third-order valence-corrected chi connectivity index (χ3v) is 5.29. The number of amides is 1. The maximum atomic E-state index is 13.1. The number of hydrogen-bond acceptors (Lipinski definition) is 6. The topological polar surface area (TPSA) is 86.0 Å². The highest BCUT2D eigenvalue weighted by Gasteiger charge is 2.32. The lowest BCUT2D eigenvalue weighted by molar-refractivity contribution is -0.140. The number of fused-ring (bicyclic) bond motifs is 2. The Bertz CT molecular complexity index is 1400. The predicted octanol–water partition coefficient (Wildman–Crippen LogP) is 3.79. The zero-order chi connectivity index (χ0) is 23.3.